The van der Waals surface area contributed by atoms with E-state index in [-0.39, 0.29) is 21.4 Å². The predicted molar refractivity (Wildman–Crippen MR) is 202 cm³/mol. The molecule has 0 unspecified atom stereocenters. The molecule has 0 spiro atoms. The van der Waals surface area contributed by atoms with Crippen molar-refractivity contribution in [3.8, 4) is 0 Å². The molecule has 2 heterocycles. The number of anilines is 1. The van der Waals surface area contributed by atoms with Gasteiger partial charge in [0.05, 0.1) is 0 Å². The monoisotopic (exact) mass is 727 g/mol. The molecule has 1 N–H and O–H groups in total. The number of aliphatic carboxylic acids is 1. The molecule has 8 rings (SSSR count). The Bertz CT molecular complexity index is 2530. The molecule has 0 fully saturated rings. The number of allylic oxidation sites excluding steroid dienone is 4. The van der Waals surface area contributed by atoms with E-state index in [1.807, 2.05) is 18.2 Å². The van der Waals surface area contributed by atoms with E-state index in [1.165, 1.54) is 47.1 Å². The number of hydrogen-bond acceptors (Lipinski definition) is 5. The van der Waals surface area contributed by atoms with Gasteiger partial charge in [0.15, 0.2) is 0 Å². The number of ether oxygens (including phenoxy) is 1. The van der Waals surface area contributed by atoms with Crippen LogP contribution in [0.2, 0.25) is 0 Å². The van der Waals surface area contributed by atoms with Crippen LogP contribution in [-0.4, -0.2) is 45.7 Å². The van der Waals surface area contributed by atoms with Crippen molar-refractivity contribution < 1.29 is 24.0 Å². The third-order valence-corrected chi connectivity index (χ3v) is 12.6. The van der Waals surface area contributed by atoms with Crippen LogP contribution in [0.3, 0.4) is 0 Å². The number of thiazole rings is 1. The molecule has 0 aliphatic carbocycles. The first-order chi connectivity index (χ1) is 24.1. The Hall–Kier alpha value is -5.27. The number of aromatic nitrogens is 1. The van der Waals surface area contributed by atoms with Gasteiger partial charge in [-0.3, -0.25) is 0 Å². The summed E-state index contributed by atoms with van der Waals surface area (Å²) in [4.78, 5) is 25.1. The number of carboxylic acids is 1. The van der Waals surface area contributed by atoms with Crippen molar-refractivity contribution in [1.82, 2.24) is 0 Å². The number of benzene rings is 6. The molecule has 0 atom stereocenters. The van der Waals surface area contributed by atoms with Gasteiger partial charge in [0.25, 0.3) is 0 Å². The van der Waals surface area contributed by atoms with E-state index in [0.717, 1.165) is 26.0 Å². The summed E-state index contributed by atoms with van der Waals surface area (Å²) < 4.78 is 11.0. The van der Waals surface area contributed by atoms with Crippen molar-refractivity contribution in [2.75, 3.05) is 18.1 Å². The van der Waals surface area contributed by atoms with Gasteiger partial charge in [-0.25, -0.2) is 0 Å². The molecule has 6 aromatic carbocycles. The summed E-state index contributed by atoms with van der Waals surface area (Å²) in [5, 5.41) is 20.2. The standard InChI is InChI=1S/C41H30N2O4SSe/c44-26-47-25-24-43-36(49-41-34-19-11-7-15-30(34)28-13-5-9-17-32(28)39(41)43)21-3-1-2-20-35-42(23-22-37(45)46)38-31-16-8-4-12-27(31)29-14-6-10-18-33(29)40(38)48-35/h1-21,26H,22-25H2/p+1. The normalized spacial score (nSPS) is 14.0. The van der Waals surface area contributed by atoms with Gasteiger partial charge in [0.2, 0.25) is 0 Å². The van der Waals surface area contributed by atoms with Crippen LogP contribution in [0.1, 0.15) is 11.4 Å². The minimum atomic E-state index is -0.818. The molecule has 49 heavy (non-hydrogen) atoms. The number of carbonyl (C=O) groups excluding carboxylic acids is 1. The summed E-state index contributed by atoms with van der Waals surface area (Å²) in [6.07, 6.45) is 10.4. The molecule has 1 aromatic heterocycles. The maximum atomic E-state index is 11.7. The Morgan fingerprint density at radius 2 is 1.37 bits per heavy atom. The zero-order chi connectivity index (χ0) is 33.3. The first kappa shape index (κ1) is 31.0. The third kappa shape index (κ3) is 5.58. The molecule has 6 nitrogen and oxygen atoms in total. The first-order valence-electron chi connectivity index (χ1n) is 16.1. The van der Waals surface area contributed by atoms with Gasteiger partial charge >= 0.3 is 282 Å². The van der Waals surface area contributed by atoms with Crippen LogP contribution in [0.4, 0.5) is 5.69 Å². The van der Waals surface area contributed by atoms with E-state index in [4.69, 9.17) is 4.74 Å². The van der Waals surface area contributed by atoms with Gasteiger partial charge in [-0.2, -0.15) is 0 Å². The maximum absolute atomic E-state index is 11.7. The topological polar surface area (TPSA) is 70.7 Å². The predicted octanol–water partition coefficient (Wildman–Crippen LogP) is 7.71. The summed E-state index contributed by atoms with van der Waals surface area (Å²) in [6.45, 7) is 1.76. The molecule has 0 bridgehead atoms. The number of carboxylic acid groups (broad SMARTS) is 1. The van der Waals surface area contributed by atoms with E-state index in [9.17, 15) is 14.7 Å². The van der Waals surface area contributed by atoms with Crippen molar-refractivity contribution in [3.05, 3.63) is 131 Å². The summed E-state index contributed by atoms with van der Waals surface area (Å²) in [5.41, 5.74) is 2.27. The van der Waals surface area contributed by atoms with Crippen LogP contribution in [0.5, 0.6) is 0 Å². The zero-order valence-electron chi connectivity index (χ0n) is 26.4. The fraction of sp³-hybridized carbons (Fsp3) is 0.0976. The van der Waals surface area contributed by atoms with E-state index >= 15 is 0 Å². The van der Waals surface area contributed by atoms with Gasteiger partial charge in [-0.1, -0.05) is 12.1 Å². The minimum absolute atomic E-state index is 0.0378. The van der Waals surface area contributed by atoms with Gasteiger partial charge in [0.1, 0.15) is 0 Å². The average Bonchev–Trinajstić information content (AvgIpc) is 3.69. The summed E-state index contributed by atoms with van der Waals surface area (Å²) in [7, 11) is 0. The van der Waals surface area contributed by atoms with Gasteiger partial charge in [0, 0.05) is 0 Å². The summed E-state index contributed by atoms with van der Waals surface area (Å²) in [6, 6.07) is 34.0. The average molecular weight is 727 g/mol. The number of carbonyl (C=O) groups is 2. The SMILES string of the molecule is O=COCCN1\C(=C/C=C/C=C/c2sc3c4ccccc4c4ccccc4c3[n+]2CCC(=O)O)[Se]c2c1c1ccccc1c1ccccc21. The molecular formula is C41H31N2O4SSe+. The molecule has 0 amide bonds. The Labute approximate surface area is 293 Å². The molecule has 0 radical (unpaired) electrons. The van der Waals surface area contributed by atoms with Crippen molar-refractivity contribution in [2.45, 2.75) is 13.0 Å². The molecule has 8 heteroatoms. The Kier molecular flexibility index (Phi) is 8.44. The number of aryl methyl sites for hydroxylation is 1. The quantitative estimate of drug-likeness (QED) is 0.0391. The number of nitrogens with zero attached hydrogens (tertiary/aromatic N) is 2. The second-order valence-corrected chi connectivity index (χ2v) is 14.9. The Balaban J connectivity index is 1.18. The van der Waals surface area contributed by atoms with Gasteiger partial charge < -0.3 is 0 Å². The van der Waals surface area contributed by atoms with Crippen LogP contribution in [0.25, 0.3) is 59.4 Å². The molecular weight excluding hydrogens is 695 g/mol. The molecule has 1 aliphatic rings. The first-order valence-corrected chi connectivity index (χ1v) is 18.6. The zero-order valence-corrected chi connectivity index (χ0v) is 28.9. The third-order valence-electron chi connectivity index (χ3n) is 8.95. The summed E-state index contributed by atoms with van der Waals surface area (Å²) in [5.74, 6) is -0.818. The van der Waals surface area contributed by atoms with E-state index in [0.29, 0.717) is 26.2 Å². The van der Waals surface area contributed by atoms with Crippen LogP contribution >= 0.6 is 11.3 Å². The number of hydrogen-bond donors (Lipinski definition) is 1. The number of fused-ring (bicyclic) bond motifs is 12. The van der Waals surface area contributed by atoms with E-state index in [1.54, 1.807) is 11.3 Å². The molecule has 0 saturated carbocycles. The van der Waals surface area contributed by atoms with Crippen molar-refractivity contribution in [2.24, 2.45) is 0 Å². The van der Waals surface area contributed by atoms with E-state index < -0.39 is 5.97 Å². The van der Waals surface area contributed by atoms with Crippen LogP contribution in [0, 0.1) is 0 Å². The van der Waals surface area contributed by atoms with Crippen LogP contribution in [-0.2, 0) is 20.9 Å². The molecule has 240 valence electrons. The van der Waals surface area contributed by atoms with Crippen molar-refractivity contribution >= 4 is 108 Å². The van der Waals surface area contributed by atoms with E-state index in [2.05, 4.69) is 119 Å². The number of rotatable bonds is 10. The van der Waals surface area contributed by atoms with Crippen LogP contribution < -0.4 is 13.9 Å². The van der Waals surface area contributed by atoms with Crippen molar-refractivity contribution in [1.29, 1.82) is 0 Å². The molecule has 1 aliphatic heterocycles. The fourth-order valence-electron chi connectivity index (χ4n) is 6.89. The van der Waals surface area contributed by atoms with Crippen molar-refractivity contribution in [3.63, 3.8) is 0 Å². The second kappa shape index (κ2) is 13.3. The Morgan fingerprint density at radius 1 is 0.776 bits per heavy atom. The fourth-order valence-corrected chi connectivity index (χ4v) is 10.8. The molecule has 7 aromatic rings. The van der Waals surface area contributed by atoms with Gasteiger partial charge in [-0.15, -0.1) is 0 Å². The second-order valence-electron chi connectivity index (χ2n) is 11.7. The summed E-state index contributed by atoms with van der Waals surface area (Å²) >= 11 is 1.74. The Morgan fingerprint density at radius 3 is 2.06 bits per heavy atom. The van der Waals surface area contributed by atoms with Gasteiger partial charge in [-0.05, 0) is 0 Å². The van der Waals surface area contributed by atoms with Crippen LogP contribution in [0.15, 0.2) is 126 Å². The molecule has 0 saturated heterocycles.